The highest BCUT2D eigenvalue weighted by Gasteiger charge is 2.31. The van der Waals surface area contributed by atoms with Crippen molar-refractivity contribution in [3.05, 3.63) is 94.0 Å². The maximum Gasteiger partial charge on any atom is 0.261 e. The normalized spacial score (nSPS) is 11.9. The van der Waals surface area contributed by atoms with Crippen LogP contribution in [-0.2, 0) is 28.0 Å². The van der Waals surface area contributed by atoms with Crippen LogP contribution in [0.25, 0.3) is 0 Å². The molecule has 0 aliphatic rings. The first kappa shape index (κ1) is 30.2. The van der Waals surface area contributed by atoms with Gasteiger partial charge < -0.3 is 19.7 Å². The van der Waals surface area contributed by atoms with Crippen LogP contribution in [0.1, 0.15) is 50.8 Å². The quantitative estimate of drug-likeness (QED) is 0.267. The first-order chi connectivity index (χ1) is 18.6. The Balaban J connectivity index is 1.91. The molecule has 0 bridgehead atoms. The smallest absolute Gasteiger partial charge is 0.261 e. The second-order valence-electron chi connectivity index (χ2n) is 10.6. The SMILES string of the molecule is CCCNC(=O)C(Cc1ccccc1)N(Cc1cccc(OC)c1)C(=O)COc1ccc(C(C)(C)C)cc1Br. The molecule has 0 aliphatic heterocycles. The summed E-state index contributed by atoms with van der Waals surface area (Å²) in [5.41, 5.74) is 2.97. The summed E-state index contributed by atoms with van der Waals surface area (Å²) in [4.78, 5) is 28.9. The molecule has 3 aromatic carbocycles. The summed E-state index contributed by atoms with van der Waals surface area (Å²) < 4.78 is 12.2. The van der Waals surface area contributed by atoms with Crippen molar-refractivity contribution in [2.24, 2.45) is 0 Å². The van der Waals surface area contributed by atoms with Gasteiger partial charge in [0.15, 0.2) is 6.61 Å². The number of hydrogen-bond donors (Lipinski definition) is 1. The van der Waals surface area contributed by atoms with Crippen LogP contribution in [0.4, 0.5) is 0 Å². The Labute approximate surface area is 240 Å². The van der Waals surface area contributed by atoms with E-state index in [0.717, 1.165) is 27.6 Å². The molecule has 1 atom stereocenters. The minimum absolute atomic E-state index is 0.0130. The Morgan fingerprint density at radius 2 is 1.69 bits per heavy atom. The van der Waals surface area contributed by atoms with Crippen LogP contribution < -0.4 is 14.8 Å². The third kappa shape index (κ3) is 8.85. The zero-order chi connectivity index (χ0) is 28.4. The summed E-state index contributed by atoms with van der Waals surface area (Å²) in [6.45, 7) is 9.00. The monoisotopic (exact) mass is 594 g/mol. The zero-order valence-corrected chi connectivity index (χ0v) is 25.1. The molecular formula is C32H39BrN2O4. The van der Waals surface area contributed by atoms with Gasteiger partial charge in [0.05, 0.1) is 11.6 Å². The third-order valence-corrected chi connectivity index (χ3v) is 7.08. The Morgan fingerprint density at radius 3 is 2.33 bits per heavy atom. The average molecular weight is 596 g/mol. The van der Waals surface area contributed by atoms with Crippen molar-refractivity contribution in [2.45, 2.75) is 58.5 Å². The van der Waals surface area contributed by atoms with Crippen LogP contribution in [0.3, 0.4) is 0 Å². The van der Waals surface area contributed by atoms with E-state index in [1.54, 1.807) is 12.0 Å². The summed E-state index contributed by atoms with van der Waals surface area (Å²) in [5.74, 6) is 0.798. The Kier molecular flexibility index (Phi) is 11.0. The highest BCUT2D eigenvalue weighted by Crippen LogP contribution is 2.31. The second kappa shape index (κ2) is 14.2. The predicted octanol–water partition coefficient (Wildman–Crippen LogP) is 6.30. The summed E-state index contributed by atoms with van der Waals surface area (Å²) in [6.07, 6.45) is 1.19. The fourth-order valence-electron chi connectivity index (χ4n) is 4.19. The lowest BCUT2D eigenvalue weighted by Crippen LogP contribution is -2.51. The van der Waals surface area contributed by atoms with E-state index in [-0.39, 0.29) is 30.4 Å². The zero-order valence-electron chi connectivity index (χ0n) is 23.5. The first-order valence-corrected chi connectivity index (χ1v) is 14.1. The number of nitrogens with one attached hydrogen (secondary N) is 1. The fraction of sp³-hybridized carbons (Fsp3) is 0.375. The molecule has 0 saturated heterocycles. The summed E-state index contributed by atoms with van der Waals surface area (Å²) in [5, 5.41) is 2.99. The average Bonchev–Trinajstić information content (AvgIpc) is 2.92. The number of nitrogens with zero attached hydrogens (tertiary/aromatic N) is 1. The minimum Gasteiger partial charge on any atom is -0.497 e. The molecular weight excluding hydrogens is 556 g/mol. The fourth-order valence-corrected chi connectivity index (χ4v) is 4.69. The van der Waals surface area contributed by atoms with E-state index >= 15 is 0 Å². The van der Waals surface area contributed by atoms with Crippen LogP contribution in [-0.4, -0.2) is 43.0 Å². The highest BCUT2D eigenvalue weighted by molar-refractivity contribution is 9.10. The molecule has 1 N–H and O–H groups in total. The molecule has 0 aromatic heterocycles. The van der Waals surface area contributed by atoms with Crippen molar-refractivity contribution in [2.75, 3.05) is 20.3 Å². The van der Waals surface area contributed by atoms with Crippen molar-refractivity contribution in [3.63, 3.8) is 0 Å². The molecule has 0 heterocycles. The van der Waals surface area contributed by atoms with Crippen LogP contribution in [0, 0.1) is 0 Å². The summed E-state index contributed by atoms with van der Waals surface area (Å²) in [6, 6.07) is 22.5. The van der Waals surface area contributed by atoms with Crippen molar-refractivity contribution >= 4 is 27.7 Å². The van der Waals surface area contributed by atoms with Gasteiger partial charge in [0, 0.05) is 19.5 Å². The van der Waals surface area contributed by atoms with Gasteiger partial charge in [-0.2, -0.15) is 0 Å². The lowest BCUT2D eigenvalue weighted by Gasteiger charge is -2.31. The summed E-state index contributed by atoms with van der Waals surface area (Å²) in [7, 11) is 1.61. The van der Waals surface area contributed by atoms with E-state index in [9.17, 15) is 9.59 Å². The molecule has 7 heteroatoms. The number of benzene rings is 3. The first-order valence-electron chi connectivity index (χ1n) is 13.3. The number of hydrogen-bond acceptors (Lipinski definition) is 4. The number of methoxy groups -OCH3 is 1. The van der Waals surface area contributed by atoms with Crippen LogP contribution in [0.15, 0.2) is 77.3 Å². The molecule has 0 spiro atoms. The molecule has 208 valence electrons. The lowest BCUT2D eigenvalue weighted by atomic mass is 9.87. The van der Waals surface area contributed by atoms with Gasteiger partial charge in [0.1, 0.15) is 17.5 Å². The maximum atomic E-state index is 13.8. The second-order valence-corrected chi connectivity index (χ2v) is 11.4. The predicted molar refractivity (Wildman–Crippen MR) is 159 cm³/mol. The maximum absolute atomic E-state index is 13.8. The number of carbonyl (C=O) groups is 2. The number of rotatable bonds is 12. The van der Waals surface area contributed by atoms with Crippen LogP contribution in [0.2, 0.25) is 0 Å². The molecule has 3 aromatic rings. The molecule has 3 rings (SSSR count). The van der Waals surface area contributed by atoms with E-state index in [0.29, 0.717) is 24.5 Å². The lowest BCUT2D eigenvalue weighted by molar-refractivity contribution is -0.142. The van der Waals surface area contributed by atoms with Crippen molar-refractivity contribution in [1.29, 1.82) is 0 Å². The van der Waals surface area contributed by atoms with Gasteiger partial charge in [0.2, 0.25) is 5.91 Å². The number of ether oxygens (including phenoxy) is 2. The number of halogens is 1. The molecule has 0 fully saturated rings. The highest BCUT2D eigenvalue weighted by atomic mass is 79.9. The van der Waals surface area contributed by atoms with Gasteiger partial charge in [0.25, 0.3) is 5.91 Å². The Bertz CT molecular complexity index is 1240. The molecule has 39 heavy (non-hydrogen) atoms. The van der Waals surface area contributed by atoms with Gasteiger partial charge in [-0.3, -0.25) is 9.59 Å². The minimum atomic E-state index is -0.715. The van der Waals surface area contributed by atoms with Crippen LogP contribution in [0.5, 0.6) is 11.5 Å². The van der Waals surface area contributed by atoms with E-state index in [4.69, 9.17) is 9.47 Å². The van der Waals surface area contributed by atoms with Crippen LogP contribution >= 0.6 is 15.9 Å². The Hall–Kier alpha value is -3.32. The van der Waals surface area contributed by atoms with Crippen molar-refractivity contribution in [1.82, 2.24) is 10.2 Å². The molecule has 2 amide bonds. The van der Waals surface area contributed by atoms with E-state index in [2.05, 4.69) is 42.0 Å². The van der Waals surface area contributed by atoms with E-state index < -0.39 is 6.04 Å². The third-order valence-electron chi connectivity index (χ3n) is 6.46. The van der Waals surface area contributed by atoms with Gasteiger partial charge in [-0.1, -0.05) is 76.2 Å². The van der Waals surface area contributed by atoms with Crippen molar-refractivity contribution < 1.29 is 19.1 Å². The standard InChI is InChI=1S/C32H39BrN2O4/c1-6-17-34-31(37)28(19-23-11-8-7-9-12-23)35(21-24-13-10-14-26(18-24)38-5)30(36)22-39-29-16-15-25(20-27(29)33)32(2,3)4/h7-16,18,20,28H,6,17,19,21-22H2,1-5H3,(H,34,37). The topological polar surface area (TPSA) is 67.9 Å². The van der Waals surface area contributed by atoms with Gasteiger partial charge in [-0.05, 0) is 68.7 Å². The molecule has 6 nitrogen and oxygen atoms in total. The van der Waals surface area contributed by atoms with Crippen molar-refractivity contribution in [3.8, 4) is 11.5 Å². The van der Waals surface area contributed by atoms with E-state index in [1.165, 1.54) is 0 Å². The summed E-state index contributed by atoms with van der Waals surface area (Å²) >= 11 is 3.59. The largest absolute Gasteiger partial charge is 0.497 e. The molecule has 0 saturated carbocycles. The molecule has 0 radical (unpaired) electrons. The molecule has 1 unspecified atom stereocenters. The molecule has 0 aliphatic carbocycles. The van der Waals surface area contributed by atoms with E-state index in [1.807, 2.05) is 79.7 Å². The number of amides is 2. The van der Waals surface area contributed by atoms with Gasteiger partial charge in [-0.25, -0.2) is 0 Å². The van der Waals surface area contributed by atoms with Gasteiger partial charge in [-0.15, -0.1) is 0 Å². The number of carbonyl (C=O) groups excluding carboxylic acids is 2. The van der Waals surface area contributed by atoms with Gasteiger partial charge >= 0.3 is 0 Å². The Morgan fingerprint density at radius 1 is 0.974 bits per heavy atom.